The van der Waals surface area contributed by atoms with Gasteiger partial charge in [0.25, 0.3) is 0 Å². The number of ether oxygens (including phenoxy) is 1. The fourth-order valence-electron chi connectivity index (χ4n) is 5.67. The number of nitrogens with two attached hydrogens (primary N) is 1. The van der Waals surface area contributed by atoms with E-state index in [4.69, 9.17) is 10.5 Å². The van der Waals surface area contributed by atoms with Crippen molar-refractivity contribution in [3.05, 3.63) is 121 Å². The molecule has 4 aromatic carbocycles. The van der Waals surface area contributed by atoms with Crippen molar-refractivity contribution in [2.75, 3.05) is 26.9 Å². The average Bonchev–Trinajstić information content (AvgIpc) is 3.05. The van der Waals surface area contributed by atoms with Gasteiger partial charge in [-0.25, -0.2) is 9.98 Å². The van der Waals surface area contributed by atoms with Crippen LogP contribution in [-0.4, -0.2) is 43.7 Å². The van der Waals surface area contributed by atoms with E-state index in [1.165, 1.54) is 15.9 Å². The summed E-state index contributed by atoms with van der Waals surface area (Å²) in [4.78, 5) is 11.0. The van der Waals surface area contributed by atoms with Gasteiger partial charge in [-0.3, -0.25) is 5.32 Å². The van der Waals surface area contributed by atoms with Gasteiger partial charge in [0.1, 0.15) is 0 Å². The van der Waals surface area contributed by atoms with E-state index < -0.39 is 4.25 Å². The van der Waals surface area contributed by atoms with Crippen LogP contribution in [0.4, 0.5) is 0 Å². The monoisotopic (exact) mass is 705 g/mol. The van der Waals surface area contributed by atoms with Crippen LogP contribution < -0.4 is 31.7 Å². The molecule has 0 bridgehead atoms. The second-order valence-corrected chi connectivity index (χ2v) is 21.9. The molecule has 43 heavy (non-hydrogen) atoms. The molecule has 0 saturated carbocycles. The quantitative estimate of drug-likeness (QED) is 0.103. The van der Waals surface area contributed by atoms with Crippen LogP contribution >= 0.6 is 26.3 Å². The molecule has 4 aromatic rings. The fourth-order valence-corrected chi connectivity index (χ4v) is 14.5. The van der Waals surface area contributed by atoms with Crippen molar-refractivity contribution >= 4 is 54.1 Å². The molecule has 1 unspecified atom stereocenters. The van der Waals surface area contributed by atoms with Crippen molar-refractivity contribution < 1.29 is 4.74 Å². The molecule has 0 saturated heterocycles. The Hall–Kier alpha value is -3.42. The fraction of sp³-hybridized carbons (Fsp3) is 0.257. The zero-order valence-corrected chi connectivity index (χ0v) is 28.0. The number of nitrogens with one attached hydrogen (secondary N) is 1. The Bertz CT molecular complexity index is 1430. The molecule has 1 heterocycles. The van der Waals surface area contributed by atoms with Crippen molar-refractivity contribution in [1.29, 1.82) is 0 Å². The molecular formula is C35H41IN5OP. The van der Waals surface area contributed by atoms with E-state index in [2.05, 4.69) is 128 Å². The Morgan fingerprint density at radius 2 is 1.23 bits per heavy atom. The number of hydrogen-bond acceptors (Lipinski definition) is 6. The van der Waals surface area contributed by atoms with Crippen LogP contribution in [0.2, 0.25) is 0 Å². The number of rotatable bonds is 12. The Labute approximate surface area is 268 Å². The summed E-state index contributed by atoms with van der Waals surface area (Å²) in [5.74, 6) is 1.93. The second kappa shape index (κ2) is 13.9. The summed E-state index contributed by atoms with van der Waals surface area (Å²) in [6, 6.07) is 41.5. The Morgan fingerprint density at radius 1 is 0.721 bits per heavy atom. The van der Waals surface area contributed by atoms with E-state index >= 15 is 0 Å². The Morgan fingerprint density at radius 3 is 1.74 bits per heavy atom. The van der Waals surface area contributed by atoms with Gasteiger partial charge in [0.15, 0.2) is 5.96 Å². The zero-order valence-electron chi connectivity index (χ0n) is 24.9. The molecule has 3 N–H and O–H groups in total. The average molecular weight is 706 g/mol. The third-order valence-electron chi connectivity index (χ3n) is 7.97. The molecule has 0 amide bonds. The first-order valence-corrected chi connectivity index (χ1v) is 20.1. The molecular weight excluding hydrogens is 664 g/mol. The molecule has 1 aliphatic heterocycles. The minimum atomic E-state index is -2.69. The third kappa shape index (κ3) is 6.89. The normalized spacial score (nSPS) is 15.8. The molecule has 1 aliphatic rings. The molecule has 0 radical (unpaired) electrons. The van der Waals surface area contributed by atoms with Gasteiger partial charge in [0.2, 0.25) is 5.96 Å². The van der Waals surface area contributed by atoms with Gasteiger partial charge in [-0.05, 0) is 0 Å². The van der Waals surface area contributed by atoms with Crippen LogP contribution in [0.15, 0.2) is 125 Å². The number of halogens is 1. The molecule has 224 valence electrons. The number of hydrogen-bond donors (Lipinski definition) is 2. The molecule has 0 spiro atoms. The van der Waals surface area contributed by atoms with Crippen molar-refractivity contribution in [2.45, 2.75) is 31.8 Å². The summed E-state index contributed by atoms with van der Waals surface area (Å²) < 4.78 is 3.40. The largest absolute Gasteiger partial charge is 0.370 e. The van der Waals surface area contributed by atoms with E-state index in [1.54, 1.807) is 0 Å². The van der Waals surface area contributed by atoms with E-state index in [9.17, 15) is 0 Å². The van der Waals surface area contributed by atoms with Gasteiger partial charge in [-0.1, -0.05) is 0 Å². The third-order valence-corrected chi connectivity index (χ3v) is 19.7. The number of aliphatic imine (C=N–C) groups is 2. The van der Waals surface area contributed by atoms with Gasteiger partial charge < -0.3 is 10.6 Å². The van der Waals surface area contributed by atoms with E-state index in [0.29, 0.717) is 18.5 Å². The van der Waals surface area contributed by atoms with Crippen molar-refractivity contribution in [3.8, 4) is 5.75 Å². The minimum absolute atomic E-state index is 0.355. The predicted molar refractivity (Wildman–Crippen MR) is 193 cm³/mol. The maximum absolute atomic E-state index is 6.09. The van der Waals surface area contributed by atoms with E-state index in [-0.39, 0.29) is 6.17 Å². The summed E-state index contributed by atoms with van der Waals surface area (Å²) in [6.45, 7) is 0.699. The summed E-state index contributed by atoms with van der Waals surface area (Å²) in [6.07, 6.45) is 5.25. The first kappa shape index (κ1) is 31.0. The first-order chi connectivity index (χ1) is 20.9. The standard InChI is InChI=1S/C35H41IN5OP/c1-41(2)35-39-33(38-34(37)40-35)28-22-24-29(25-23-28)42-26-14-3-4-15-27-43(36,30-16-8-5-9-17-30,31-18-10-6-11-19-31)32-20-12-7-13-21-32/h5-13,16-25,33H,3-4,14-15,26-27H2,1-2H3,(H3,37,38,39,40). The zero-order chi connectivity index (χ0) is 30.1. The van der Waals surface area contributed by atoms with E-state index in [1.807, 2.05) is 43.3 Å². The van der Waals surface area contributed by atoms with Crippen LogP contribution in [0.5, 0.6) is 5.75 Å². The number of guanidine groups is 2. The molecule has 5 rings (SSSR count). The topological polar surface area (TPSA) is 75.2 Å². The predicted octanol–water partition coefficient (Wildman–Crippen LogP) is 6.34. The first-order valence-electron chi connectivity index (χ1n) is 14.9. The van der Waals surface area contributed by atoms with Crippen molar-refractivity contribution in [2.24, 2.45) is 15.7 Å². The maximum Gasteiger partial charge on any atom is 0.197 e. The summed E-state index contributed by atoms with van der Waals surface area (Å²) in [5.41, 5.74) is 6.94. The number of nitrogens with zero attached hydrogens (tertiary/aromatic N) is 3. The molecule has 1 atom stereocenters. The molecule has 0 aliphatic carbocycles. The summed E-state index contributed by atoms with van der Waals surface area (Å²) in [7, 11) is 3.85. The molecule has 0 fully saturated rings. The number of unbranched alkanes of at least 4 members (excludes halogenated alkanes) is 3. The van der Waals surface area contributed by atoms with Gasteiger partial charge >= 0.3 is 218 Å². The molecule has 8 heteroatoms. The van der Waals surface area contributed by atoms with Crippen LogP contribution in [0.1, 0.15) is 37.4 Å². The minimum Gasteiger partial charge on any atom is -0.370 e. The van der Waals surface area contributed by atoms with Gasteiger partial charge in [-0.2, -0.15) is 0 Å². The number of benzene rings is 4. The van der Waals surface area contributed by atoms with E-state index in [0.717, 1.165) is 43.2 Å². The van der Waals surface area contributed by atoms with Crippen LogP contribution in [-0.2, 0) is 0 Å². The van der Waals surface area contributed by atoms with Gasteiger partial charge in [0, 0.05) is 14.1 Å². The Kier molecular flexibility index (Phi) is 10.0. The molecule has 6 nitrogen and oxygen atoms in total. The summed E-state index contributed by atoms with van der Waals surface area (Å²) >= 11 is 2.88. The Balaban J connectivity index is 1.19. The van der Waals surface area contributed by atoms with Crippen molar-refractivity contribution in [3.63, 3.8) is 0 Å². The smallest absolute Gasteiger partial charge is 0.197 e. The SMILES string of the molecule is CN(C)C1=NC(c2ccc(OCCCCCCP(I)(c3ccccc3)(c3ccccc3)c3ccccc3)cc2)N=C(N)N1. The summed E-state index contributed by atoms with van der Waals surface area (Å²) in [5, 5.41) is 7.32. The van der Waals surface area contributed by atoms with Crippen LogP contribution in [0, 0.1) is 0 Å². The molecule has 0 aromatic heterocycles. The maximum atomic E-state index is 6.09. The van der Waals surface area contributed by atoms with Gasteiger partial charge in [-0.15, -0.1) is 0 Å². The van der Waals surface area contributed by atoms with Crippen LogP contribution in [0.25, 0.3) is 0 Å². The van der Waals surface area contributed by atoms with Crippen LogP contribution in [0.3, 0.4) is 0 Å². The van der Waals surface area contributed by atoms with Gasteiger partial charge in [0.05, 0.1) is 0 Å². The van der Waals surface area contributed by atoms with Crippen molar-refractivity contribution in [1.82, 2.24) is 10.2 Å². The second-order valence-electron chi connectivity index (χ2n) is 11.1.